The molecular formula is C26H33F3N2O2S3. The first kappa shape index (κ1) is 32.0. The number of halogens is 3. The molecule has 10 heteroatoms. The molecule has 36 heavy (non-hydrogen) atoms. The van der Waals surface area contributed by atoms with Crippen LogP contribution < -0.4 is 0 Å². The first-order valence-electron chi connectivity index (χ1n) is 11.3. The Labute approximate surface area is 221 Å². The lowest BCUT2D eigenvalue weighted by Crippen LogP contribution is -2.13. The lowest BCUT2D eigenvalue weighted by molar-refractivity contribution is -0.137. The fourth-order valence-electron chi connectivity index (χ4n) is 2.40. The maximum Gasteiger partial charge on any atom is 0.417 e. The average Bonchev–Trinajstić information content (AvgIpc) is 2.80. The molecule has 3 aromatic rings. The molecule has 2 heterocycles. The van der Waals surface area contributed by atoms with Crippen LogP contribution >= 0.6 is 23.5 Å². The summed E-state index contributed by atoms with van der Waals surface area (Å²) in [6.07, 6.45) is -1.61. The van der Waals surface area contributed by atoms with Gasteiger partial charge in [-0.2, -0.15) is 13.2 Å². The first-order chi connectivity index (χ1) is 16.7. The second kappa shape index (κ2) is 15.3. The van der Waals surface area contributed by atoms with Crippen molar-refractivity contribution >= 4 is 33.4 Å². The molecule has 0 aliphatic carbocycles. The van der Waals surface area contributed by atoms with E-state index in [1.807, 2.05) is 38.2 Å². The summed E-state index contributed by atoms with van der Waals surface area (Å²) in [4.78, 5) is 8.31. The van der Waals surface area contributed by atoms with Crippen molar-refractivity contribution in [2.45, 2.75) is 78.4 Å². The number of hydrogen-bond donors (Lipinski definition) is 0. The van der Waals surface area contributed by atoms with E-state index < -0.39 is 21.6 Å². The van der Waals surface area contributed by atoms with E-state index in [2.05, 4.69) is 23.8 Å². The minimum absolute atomic E-state index is 0.319. The predicted octanol–water partition coefficient (Wildman–Crippen LogP) is 8.05. The minimum Gasteiger partial charge on any atom is -0.250 e. The largest absolute Gasteiger partial charge is 0.417 e. The zero-order valence-corrected chi connectivity index (χ0v) is 23.7. The molecule has 0 spiro atoms. The van der Waals surface area contributed by atoms with E-state index in [1.54, 1.807) is 55.9 Å². The summed E-state index contributed by atoms with van der Waals surface area (Å²) in [6.45, 7) is 11.6. The van der Waals surface area contributed by atoms with E-state index in [-0.39, 0.29) is 5.25 Å². The zero-order chi connectivity index (χ0) is 27.4. The van der Waals surface area contributed by atoms with Gasteiger partial charge in [-0.1, -0.05) is 52.0 Å². The van der Waals surface area contributed by atoms with Gasteiger partial charge in [-0.05, 0) is 50.2 Å². The Morgan fingerprint density at radius 3 is 1.64 bits per heavy atom. The third kappa shape index (κ3) is 12.3. The van der Waals surface area contributed by atoms with E-state index in [0.29, 0.717) is 20.4 Å². The number of sulfone groups is 1. The van der Waals surface area contributed by atoms with Gasteiger partial charge in [0.15, 0.2) is 9.84 Å². The summed E-state index contributed by atoms with van der Waals surface area (Å²) >= 11 is 3.23. The van der Waals surface area contributed by atoms with Crippen LogP contribution in [0.4, 0.5) is 13.2 Å². The van der Waals surface area contributed by atoms with Crippen LogP contribution in [-0.4, -0.2) is 34.1 Å². The number of thioether (sulfide) groups is 2. The van der Waals surface area contributed by atoms with Crippen LogP contribution in [0.25, 0.3) is 0 Å². The average molecular weight is 559 g/mol. The molecule has 1 aromatic carbocycles. The highest BCUT2D eigenvalue weighted by Crippen LogP contribution is 2.30. The molecule has 2 aromatic heterocycles. The highest BCUT2D eigenvalue weighted by molar-refractivity contribution is 8.00. The number of alkyl halides is 3. The number of benzene rings is 1. The van der Waals surface area contributed by atoms with Crippen molar-refractivity contribution < 1.29 is 21.6 Å². The molecule has 0 amide bonds. The van der Waals surface area contributed by atoms with Crippen molar-refractivity contribution in [3.63, 3.8) is 0 Å². The van der Waals surface area contributed by atoms with Crippen LogP contribution in [0.3, 0.4) is 0 Å². The van der Waals surface area contributed by atoms with Gasteiger partial charge in [0.05, 0.1) is 25.8 Å². The lowest BCUT2D eigenvalue weighted by atomic mass is 10.3. The van der Waals surface area contributed by atoms with Crippen molar-refractivity contribution in [3.8, 4) is 0 Å². The molecule has 0 atom stereocenters. The van der Waals surface area contributed by atoms with Gasteiger partial charge in [0.25, 0.3) is 0 Å². The Balaban J connectivity index is 0.000000274. The van der Waals surface area contributed by atoms with Crippen LogP contribution in [-0.2, 0) is 16.0 Å². The predicted molar refractivity (Wildman–Crippen MR) is 144 cm³/mol. The summed E-state index contributed by atoms with van der Waals surface area (Å²) in [6, 6.07) is 16.9. The third-order valence-corrected chi connectivity index (χ3v) is 8.19. The quantitative estimate of drug-likeness (QED) is 0.285. The summed E-state index contributed by atoms with van der Waals surface area (Å²) < 4.78 is 59.5. The highest BCUT2D eigenvalue weighted by Gasteiger charge is 2.30. The number of hydrogen-bond acceptors (Lipinski definition) is 6. The number of rotatable bonds is 6. The molecule has 0 aliphatic rings. The first-order valence-corrected chi connectivity index (χ1v) is 14.6. The molecule has 3 rings (SSSR count). The van der Waals surface area contributed by atoms with Gasteiger partial charge in [0.1, 0.15) is 0 Å². The molecule has 0 saturated heterocycles. The fraction of sp³-hybridized carbons (Fsp3) is 0.385. The van der Waals surface area contributed by atoms with Gasteiger partial charge >= 0.3 is 6.18 Å². The molecular weight excluding hydrogens is 525 g/mol. The van der Waals surface area contributed by atoms with Crippen LogP contribution in [0.15, 0.2) is 88.0 Å². The summed E-state index contributed by atoms with van der Waals surface area (Å²) in [5.74, 6) is 0. The van der Waals surface area contributed by atoms with Crippen LogP contribution in [0.2, 0.25) is 0 Å². The standard InChI is InChI=1S/C9H10F3NS.C9H12O2S.C8H11NS/c1-6(2)14-8-4-3-7(5-13-8)9(10,11)12;1-8(2)12(10,11)9-6-4-3-5-7-9;1-7(2)10-8-5-3-4-6-9-8/h3-6H,1-2H3;3-8H,1-2H3;3-7H,1-2H3. The summed E-state index contributed by atoms with van der Waals surface area (Å²) in [7, 11) is -3.08. The maximum absolute atomic E-state index is 12.1. The highest BCUT2D eigenvalue weighted by atomic mass is 32.2. The minimum atomic E-state index is -4.30. The smallest absolute Gasteiger partial charge is 0.250 e. The van der Waals surface area contributed by atoms with Crippen LogP contribution in [0, 0.1) is 0 Å². The normalized spacial score (nSPS) is 11.6. The SMILES string of the molecule is CC(C)S(=O)(=O)c1ccccc1.CC(C)Sc1ccc(C(F)(F)F)cn1.CC(C)Sc1ccccn1. The van der Waals surface area contributed by atoms with E-state index in [0.717, 1.165) is 17.3 Å². The van der Waals surface area contributed by atoms with Crippen molar-refractivity contribution in [2.24, 2.45) is 0 Å². The van der Waals surface area contributed by atoms with Crippen LogP contribution in [0.1, 0.15) is 47.1 Å². The van der Waals surface area contributed by atoms with E-state index in [9.17, 15) is 21.6 Å². The van der Waals surface area contributed by atoms with Crippen molar-refractivity contribution in [1.82, 2.24) is 9.97 Å². The third-order valence-electron chi connectivity index (χ3n) is 4.11. The molecule has 0 saturated carbocycles. The van der Waals surface area contributed by atoms with Gasteiger partial charge in [0, 0.05) is 22.9 Å². The monoisotopic (exact) mass is 558 g/mol. The molecule has 0 aliphatic heterocycles. The Morgan fingerprint density at radius 1 is 0.722 bits per heavy atom. The van der Waals surface area contributed by atoms with Crippen molar-refractivity contribution in [2.75, 3.05) is 0 Å². The maximum atomic E-state index is 12.1. The summed E-state index contributed by atoms with van der Waals surface area (Å²) in [5.41, 5.74) is -0.703. The Kier molecular flexibility index (Phi) is 13.6. The van der Waals surface area contributed by atoms with Gasteiger partial charge < -0.3 is 0 Å². The van der Waals surface area contributed by atoms with E-state index in [4.69, 9.17) is 0 Å². The van der Waals surface area contributed by atoms with Gasteiger partial charge in [-0.15, -0.1) is 23.5 Å². The van der Waals surface area contributed by atoms with Gasteiger partial charge in [-0.25, -0.2) is 18.4 Å². The molecule has 198 valence electrons. The second-order valence-electron chi connectivity index (χ2n) is 8.29. The topological polar surface area (TPSA) is 59.9 Å². The Bertz CT molecular complexity index is 1110. The molecule has 0 unspecified atom stereocenters. The molecule has 0 bridgehead atoms. The molecule has 0 fully saturated rings. The molecule has 0 radical (unpaired) electrons. The summed E-state index contributed by atoms with van der Waals surface area (Å²) in [5, 5.41) is 2.32. The van der Waals surface area contributed by atoms with Crippen molar-refractivity contribution in [3.05, 3.63) is 78.6 Å². The number of nitrogens with zero attached hydrogens (tertiary/aromatic N) is 2. The number of aromatic nitrogens is 2. The lowest BCUT2D eigenvalue weighted by Gasteiger charge is -2.07. The fourth-order valence-corrected chi connectivity index (χ4v) is 4.99. The second-order valence-corrected chi connectivity index (χ2v) is 14.0. The van der Waals surface area contributed by atoms with Crippen molar-refractivity contribution in [1.29, 1.82) is 0 Å². The molecule has 4 nitrogen and oxygen atoms in total. The van der Waals surface area contributed by atoms with Crippen LogP contribution in [0.5, 0.6) is 0 Å². The van der Waals surface area contributed by atoms with Gasteiger partial charge in [-0.3, -0.25) is 0 Å². The Hall–Kier alpha value is -2.04. The van der Waals surface area contributed by atoms with E-state index in [1.165, 1.54) is 17.8 Å². The number of pyridine rings is 2. The zero-order valence-electron chi connectivity index (χ0n) is 21.2. The van der Waals surface area contributed by atoms with Gasteiger partial charge in [0.2, 0.25) is 0 Å². The molecule has 0 N–H and O–H groups in total. The van der Waals surface area contributed by atoms with E-state index >= 15 is 0 Å². The Morgan fingerprint density at radius 2 is 1.25 bits per heavy atom.